The van der Waals surface area contributed by atoms with Crippen LogP contribution in [0.4, 0.5) is 5.69 Å². The second-order valence-corrected chi connectivity index (χ2v) is 3.19. The minimum atomic E-state index is 0.734. The molecular formula is C12H12N4O. The van der Waals surface area contributed by atoms with E-state index in [2.05, 4.69) is 20.4 Å². The first-order chi connectivity index (χ1) is 8.40. The molecule has 0 bridgehead atoms. The summed E-state index contributed by atoms with van der Waals surface area (Å²) in [6.07, 6.45) is 6.49. The van der Waals surface area contributed by atoms with Gasteiger partial charge in [0.1, 0.15) is 0 Å². The van der Waals surface area contributed by atoms with E-state index in [0.717, 1.165) is 16.9 Å². The van der Waals surface area contributed by atoms with E-state index in [4.69, 9.17) is 4.84 Å². The van der Waals surface area contributed by atoms with Gasteiger partial charge in [0.05, 0.1) is 17.6 Å². The standard InChI is InChI=1S/C12H12N4O/c1-13-17-9-16-11-2-3-12(15-8-11)10-4-6-14-7-5-10/h2-9,13H,1H3/b16-9+. The predicted molar refractivity (Wildman–Crippen MR) is 65.8 cm³/mol. The summed E-state index contributed by atoms with van der Waals surface area (Å²) in [6, 6.07) is 7.60. The third kappa shape index (κ3) is 3.09. The van der Waals surface area contributed by atoms with Crippen molar-refractivity contribution in [3.05, 3.63) is 42.9 Å². The molecule has 0 atom stereocenters. The van der Waals surface area contributed by atoms with Crippen molar-refractivity contribution in [2.45, 2.75) is 0 Å². The van der Waals surface area contributed by atoms with Crippen molar-refractivity contribution in [1.29, 1.82) is 0 Å². The van der Waals surface area contributed by atoms with Gasteiger partial charge < -0.3 is 4.84 Å². The first-order valence-electron chi connectivity index (χ1n) is 5.11. The minimum absolute atomic E-state index is 0.734. The van der Waals surface area contributed by atoms with E-state index >= 15 is 0 Å². The van der Waals surface area contributed by atoms with Crippen LogP contribution >= 0.6 is 0 Å². The first-order valence-corrected chi connectivity index (χ1v) is 5.11. The van der Waals surface area contributed by atoms with E-state index in [1.54, 1.807) is 25.6 Å². The van der Waals surface area contributed by atoms with Crippen molar-refractivity contribution in [1.82, 2.24) is 15.4 Å². The Balaban J connectivity index is 2.13. The van der Waals surface area contributed by atoms with Gasteiger partial charge in [-0.05, 0) is 24.3 Å². The Morgan fingerprint density at radius 1 is 1.24 bits per heavy atom. The van der Waals surface area contributed by atoms with Gasteiger partial charge >= 0.3 is 0 Å². The van der Waals surface area contributed by atoms with Crippen LogP contribution in [0.3, 0.4) is 0 Å². The largest absolute Gasteiger partial charge is 0.397 e. The van der Waals surface area contributed by atoms with Gasteiger partial charge in [-0.1, -0.05) is 0 Å². The predicted octanol–water partition coefficient (Wildman–Crippen LogP) is 1.95. The maximum absolute atomic E-state index is 4.77. The van der Waals surface area contributed by atoms with E-state index in [9.17, 15) is 0 Å². The highest BCUT2D eigenvalue weighted by Crippen LogP contribution is 2.18. The molecule has 2 aromatic rings. The zero-order chi connectivity index (χ0) is 11.9. The molecule has 2 heterocycles. The highest BCUT2D eigenvalue weighted by molar-refractivity contribution is 5.61. The van der Waals surface area contributed by atoms with Crippen LogP contribution in [0.25, 0.3) is 11.3 Å². The van der Waals surface area contributed by atoms with Crippen molar-refractivity contribution in [2.75, 3.05) is 7.05 Å². The average Bonchev–Trinajstić information content (AvgIpc) is 2.41. The molecule has 0 saturated carbocycles. The second-order valence-electron chi connectivity index (χ2n) is 3.19. The van der Waals surface area contributed by atoms with Gasteiger partial charge in [0.2, 0.25) is 6.40 Å². The fraction of sp³-hybridized carbons (Fsp3) is 0.0833. The van der Waals surface area contributed by atoms with Crippen LogP contribution in [-0.4, -0.2) is 23.4 Å². The molecule has 0 spiro atoms. The van der Waals surface area contributed by atoms with Crippen LogP contribution in [0.2, 0.25) is 0 Å². The lowest BCUT2D eigenvalue weighted by molar-refractivity contribution is 0.222. The van der Waals surface area contributed by atoms with E-state index < -0.39 is 0 Å². The average molecular weight is 228 g/mol. The normalized spacial score (nSPS) is 10.6. The van der Waals surface area contributed by atoms with Crippen molar-refractivity contribution in [3.63, 3.8) is 0 Å². The first kappa shape index (κ1) is 11.2. The number of aliphatic imine (C=N–C) groups is 1. The quantitative estimate of drug-likeness (QED) is 0.493. The zero-order valence-electron chi connectivity index (χ0n) is 9.37. The second kappa shape index (κ2) is 5.72. The Morgan fingerprint density at radius 2 is 2.06 bits per heavy atom. The smallest absolute Gasteiger partial charge is 0.201 e. The number of aromatic nitrogens is 2. The van der Waals surface area contributed by atoms with Crippen LogP contribution < -0.4 is 5.48 Å². The molecule has 5 nitrogen and oxygen atoms in total. The van der Waals surface area contributed by atoms with Crippen LogP contribution in [0.5, 0.6) is 0 Å². The van der Waals surface area contributed by atoms with E-state index in [0.29, 0.717) is 0 Å². The van der Waals surface area contributed by atoms with E-state index in [1.807, 2.05) is 24.3 Å². The lowest BCUT2D eigenvalue weighted by Crippen LogP contribution is -2.04. The number of pyridine rings is 2. The summed E-state index contributed by atoms with van der Waals surface area (Å²) < 4.78 is 0. The molecule has 5 heteroatoms. The number of nitrogens with one attached hydrogen (secondary N) is 1. The highest BCUT2D eigenvalue weighted by Gasteiger charge is 1.97. The van der Waals surface area contributed by atoms with E-state index in [-0.39, 0.29) is 0 Å². The summed E-state index contributed by atoms with van der Waals surface area (Å²) in [5, 5.41) is 0. The monoisotopic (exact) mass is 228 g/mol. The van der Waals surface area contributed by atoms with Crippen molar-refractivity contribution in [3.8, 4) is 11.3 Å². The van der Waals surface area contributed by atoms with Crippen molar-refractivity contribution < 1.29 is 4.84 Å². The number of hydrogen-bond donors (Lipinski definition) is 1. The number of rotatable bonds is 4. The Bertz CT molecular complexity index is 482. The lowest BCUT2D eigenvalue weighted by Gasteiger charge is -2.00. The van der Waals surface area contributed by atoms with Gasteiger partial charge in [0.25, 0.3) is 0 Å². The molecule has 0 amide bonds. The molecular weight excluding hydrogens is 216 g/mol. The molecule has 0 aliphatic heterocycles. The van der Waals surface area contributed by atoms with Crippen LogP contribution in [-0.2, 0) is 4.84 Å². The Labute approximate surface area is 99.2 Å². The molecule has 2 rings (SSSR count). The van der Waals surface area contributed by atoms with Gasteiger partial charge in [-0.25, -0.2) is 4.99 Å². The molecule has 0 aromatic carbocycles. The van der Waals surface area contributed by atoms with Gasteiger partial charge in [-0.15, -0.1) is 0 Å². The maximum Gasteiger partial charge on any atom is 0.201 e. The molecule has 0 radical (unpaired) electrons. The molecule has 0 fully saturated rings. The summed E-state index contributed by atoms with van der Waals surface area (Å²) in [7, 11) is 1.66. The number of hydroxylamine groups is 1. The molecule has 0 unspecified atom stereocenters. The summed E-state index contributed by atoms with van der Waals surface area (Å²) in [5.74, 6) is 0. The molecule has 17 heavy (non-hydrogen) atoms. The van der Waals surface area contributed by atoms with Gasteiger partial charge in [-0.2, -0.15) is 5.48 Å². The van der Waals surface area contributed by atoms with Crippen LogP contribution in [0.15, 0.2) is 47.8 Å². The summed E-state index contributed by atoms with van der Waals surface area (Å²) in [4.78, 5) is 17.1. The zero-order valence-corrected chi connectivity index (χ0v) is 9.37. The maximum atomic E-state index is 4.77. The van der Waals surface area contributed by atoms with Crippen LogP contribution in [0, 0.1) is 0 Å². The Kier molecular flexibility index (Phi) is 3.77. The van der Waals surface area contributed by atoms with Gasteiger partial charge in [0.15, 0.2) is 0 Å². The Hall–Kier alpha value is -2.27. The summed E-state index contributed by atoms with van der Waals surface area (Å²) in [5.41, 5.74) is 5.15. The number of nitrogens with zero attached hydrogens (tertiary/aromatic N) is 3. The SMILES string of the molecule is CNO/C=N/c1ccc(-c2ccncc2)nc1. The highest BCUT2D eigenvalue weighted by atomic mass is 16.6. The number of hydrogen-bond acceptors (Lipinski definition) is 5. The van der Waals surface area contributed by atoms with Crippen molar-refractivity contribution >= 4 is 12.1 Å². The van der Waals surface area contributed by atoms with E-state index in [1.165, 1.54) is 6.40 Å². The molecule has 86 valence electrons. The Morgan fingerprint density at radius 3 is 2.71 bits per heavy atom. The third-order valence-corrected chi connectivity index (χ3v) is 2.10. The van der Waals surface area contributed by atoms with Crippen molar-refractivity contribution in [2.24, 2.45) is 4.99 Å². The molecule has 2 aromatic heterocycles. The fourth-order valence-electron chi connectivity index (χ4n) is 1.30. The summed E-state index contributed by atoms with van der Waals surface area (Å²) in [6.45, 7) is 0. The van der Waals surface area contributed by atoms with Crippen LogP contribution in [0.1, 0.15) is 0 Å². The molecule has 0 aliphatic carbocycles. The topological polar surface area (TPSA) is 59.4 Å². The minimum Gasteiger partial charge on any atom is -0.397 e. The third-order valence-electron chi connectivity index (χ3n) is 2.10. The fourth-order valence-corrected chi connectivity index (χ4v) is 1.30. The molecule has 1 N–H and O–H groups in total. The molecule has 0 saturated heterocycles. The lowest BCUT2D eigenvalue weighted by atomic mass is 10.2. The van der Waals surface area contributed by atoms with Gasteiger partial charge in [0, 0.05) is 25.0 Å². The van der Waals surface area contributed by atoms with Gasteiger partial charge in [-0.3, -0.25) is 9.97 Å². The molecule has 0 aliphatic rings. The summed E-state index contributed by atoms with van der Waals surface area (Å²) >= 11 is 0.